The van der Waals surface area contributed by atoms with Crippen molar-refractivity contribution in [1.29, 1.82) is 0 Å². The van der Waals surface area contributed by atoms with Gasteiger partial charge in [0, 0.05) is 18.8 Å². The SMILES string of the molecule is CCOC(=S)S[C@H]1C[C@@]2(C)[C@@H](CC[C@@H]3[C@@H]2CC[C@]2(C)[C@@H](OC(C)=O)CC[C@@H]32)CC1=O. The van der Waals surface area contributed by atoms with Gasteiger partial charge in [-0.2, -0.15) is 0 Å². The minimum atomic E-state index is -0.143. The number of thioether (sulfide) groups is 1. The monoisotopic (exact) mass is 452 g/mol. The minimum absolute atomic E-state index is 0.0604. The summed E-state index contributed by atoms with van der Waals surface area (Å²) in [6.07, 6.45) is 8.56. The Bertz CT molecular complexity index is 724. The van der Waals surface area contributed by atoms with Crippen molar-refractivity contribution in [3.63, 3.8) is 0 Å². The van der Waals surface area contributed by atoms with Crippen molar-refractivity contribution < 1.29 is 19.1 Å². The van der Waals surface area contributed by atoms with Crippen LogP contribution in [0.5, 0.6) is 0 Å². The highest BCUT2D eigenvalue weighted by Crippen LogP contribution is 2.66. The molecule has 4 aliphatic carbocycles. The van der Waals surface area contributed by atoms with Crippen molar-refractivity contribution in [2.24, 2.45) is 34.5 Å². The molecule has 6 heteroatoms. The Hall–Kier alpha value is -0.620. The molecule has 4 saturated carbocycles. The number of ether oxygens (including phenoxy) is 2. The fourth-order valence-electron chi connectivity index (χ4n) is 7.80. The Balaban J connectivity index is 1.54. The zero-order valence-electron chi connectivity index (χ0n) is 18.8. The number of esters is 1. The van der Waals surface area contributed by atoms with Gasteiger partial charge >= 0.3 is 5.97 Å². The summed E-state index contributed by atoms with van der Waals surface area (Å²) >= 11 is 6.83. The highest BCUT2D eigenvalue weighted by Gasteiger charge is 2.62. The van der Waals surface area contributed by atoms with Gasteiger partial charge in [0.25, 0.3) is 0 Å². The molecule has 0 aromatic rings. The third-order valence-electron chi connectivity index (χ3n) is 9.22. The maximum absolute atomic E-state index is 12.9. The van der Waals surface area contributed by atoms with Crippen LogP contribution in [0, 0.1) is 34.5 Å². The summed E-state index contributed by atoms with van der Waals surface area (Å²) in [6.45, 7) is 8.85. The molecule has 0 aromatic heterocycles. The van der Waals surface area contributed by atoms with E-state index < -0.39 is 0 Å². The quantitative estimate of drug-likeness (QED) is 0.413. The van der Waals surface area contributed by atoms with Crippen LogP contribution in [0.2, 0.25) is 0 Å². The molecule has 0 amide bonds. The fourth-order valence-corrected chi connectivity index (χ4v) is 9.35. The van der Waals surface area contributed by atoms with E-state index in [2.05, 4.69) is 13.8 Å². The van der Waals surface area contributed by atoms with Crippen LogP contribution in [-0.2, 0) is 19.1 Å². The van der Waals surface area contributed by atoms with Crippen molar-refractivity contribution in [3.05, 3.63) is 0 Å². The van der Waals surface area contributed by atoms with Gasteiger partial charge in [-0.1, -0.05) is 25.6 Å². The second-order valence-corrected chi connectivity index (χ2v) is 12.3. The largest absolute Gasteiger partial charge is 0.479 e. The molecule has 0 heterocycles. The van der Waals surface area contributed by atoms with Gasteiger partial charge in [-0.05, 0) is 93.2 Å². The predicted octanol–water partition coefficient (Wildman–Crippen LogP) is 5.56. The van der Waals surface area contributed by atoms with Crippen molar-refractivity contribution in [2.45, 2.75) is 90.4 Å². The summed E-state index contributed by atoms with van der Waals surface area (Å²) in [5.74, 6) is 2.69. The summed E-state index contributed by atoms with van der Waals surface area (Å²) in [6, 6.07) is 0. The first-order valence-electron chi connectivity index (χ1n) is 11.7. The zero-order valence-corrected chi connectivity index (χ0v) is 20.4. The number of Topliss-reactive ketones (excluding diaryl/α,β-unsaturated/α-hetero) is 1. The molecule has 0 N–H and O–H groups in total. The third kappa shape index (κ3) is 3.74. The Morgan fingerprint density at radius 1 is 1.13 bits per heavy atom. The first-order valence-corrected chi connectivity index (χ1v) is 13.0. The maximum Gasteiger partial charge on any atom is 0.302 e. The van der Waals surface area contributed by atoms with Gasteiger partial charge in [0.1, 0.15) is 11.9 Å². The third-order valence-corrected chi connectivity index (χ3v) is 10.6. The minimum Gasteiger partial charge on any atom is -0.479 e. The average Bonchev–Trinajstić information content (AvgIpc) is 2.99. The Kier molecular flexibility index (Phi) is 6.31. The van der Waals surface area contributed by atoms with E-state index in [4.69, 9.17) is 21.7 Å². The number of carbonyl (C=O) groups excluding carboxylic acids is 2. The molecule has 0 radical (unpaired) electrons. The van der Waals surface area contributed by atoms with Crippen LogP contribution in [0.1, 0.15) is 79.1 Å². The van der Waals surface area contributed by atoms with Gasteiger partial charge in [0.15, 0.2) is 0 Å². The first-order chi connectivity index (χ1) is 14.2. The van der Waals surface area contributed by atoms with Gasteiger partial charge in [0.05, 0.1) is 11.9 Å². The van der Waals surface area contributed by atoms with Crippen LogP contribution >= 0.6 is 24.0 Å². The van der Waals surface area contributed by atoms with Gasteiger partial charge in [-0.15, -0.1) is 0 Å². The second-order valence-electron chi connectivity index (χ2n) is 10.5. The van der Waals surface area contributed by atoms with Gasteiger partial charge in [-0.25, -0.2) is 0 Å². The van der Waals surface area contributed by atoms with Gasteiger partial charge < -0.3 is 9.47 Å². The van der Waals surface area contributed by atoms with E-state index in [-0.39, 0.29) is 28.2 Å². The molecule has 4 fully saturated rings. The Labute approximate surface area is 190 Å². The predicted molar refractivity (Wildman–Crippen MR) is 123 cm³/mol. The molecular formula is C24H36O4S2. The van der Waals surface area contributed by atoms with E-state index >= 15 is 0 Å². The lowest BCUT2D eigenvalue weighted by atomic mass is 9.45. The number of fused-ring (bicyclic) bond motifs is 5. The summed E-state index contributed by atoms with van der Waals surface area (Å²) in [4.78, 5) is 24.5. The van der Waals surface area contributed by atoms with Crippen molar-refractivity contribution in [3.8, 4) is 0 Å². The fraction of sp³-hybridized carbons (Fsp3) is 0.875. The highest BCUT2D eigenvalue weighted by atomic mass is 32.2. The summed E-state index contributed by atoms with van der Waals surface area (Å²) < 4.78 is 11.8. The molecule has 0 spiro atoms. The van der Waals surface area contributed by atoms with Gasteiger partial charge in [0.2, 0.25) is 4.38 Å². The molecule has 0 bridgehead atoms. The normalized spacial score (nSPS) is 45.1. The van der Waals surface area contributed by atoms with Crippen molar-refractivity contribution >= 4 is 40.1 Å². The molecule has 4 aliphatic rings. The van der Waals surface area contributed by atoms with Crippen LogP contribution in [0.15, 0.2) is 0 Å². The number of ketones is 1. The number of thiocarbonyl (C=S) groups is 1. The van der Waals surface area contributed by atoms with Crippen LogP contribution in [0.25, 0.3) is 0 Å². The molecule has 0 unspecified atom stereocenters. The molecule has 8 atom stereocenters. The molecule has 4 rings (SSSR count). The molecule has 30 heavy (non-hydrogen) atoms. The topological polar surface area (TPSA) is 52.6 Å². The van der Waals surface area contributed by atoms with Crippen molar-refractivity contribution in [2.75, 3.05) is 6.61 Å². The average molecular weight is 453 g/mol. The number of hydrogen-bond donors (Lipinski definition) is 0. The molecule has 0 aliphatic heterocycles. The van der Waals surface area contributed by atoms with Gasteiger partial charge in [-0.3, -0.25) is 9.59 Å². The molecule has 4 nitrogen and oxygen atoms in total. The van der Waals surface area contributed by atoms with Crippen LogP contribution in [0.3, 0.4) is 0 Å². The van der Waals surface area contributed by atoms with Crippen LogP contribution in [-0.4, -0.2) is 34.1 Å². The zero-order chi connectivity index (χ0) is 21.7. The maximum atomic E-state index is 12.9. The van der Waals surface area contributed by atoms with E-state index in [0.29, 0.717) is 46.9 Å². The van der Waals surface area contributed by atoms with E-state index in [0.717, 1.165) is 25.7 Å². The molecule has 0 saturated heterocycles. The molecule has 0 aromatic carbocycles. The van der Waals surface area contributed by atoms with E-state index in [1.54, 1.807) is 0 Å². The molecule has 168 valence electrons. The number of carbonyl (C=O) groups is 2. The van der Waals surface area contributed by atoms with Crippen LogP contribution in [0.4, 0.5) is 0 Å². The standard InChI is InChI=1S/C24H36O4S2/c1-5-27-22(29)30-20-13-24(4)15(12-19(20)26)6-7-16-17-8-9-21(28-14(2)25)23(17,3)11-10-18(16)24/h15-18,20-21H,5-13H2,1-4H3/t15-,16-,17-,18-,20-,21-,23-,24-/m0/s1. The number of rotatable bonds is 3. The van der Waals surface area contributed by atoms with E-state index in [9.17, 15) is 9.59 Å². The summed E-state index contributed by atoms with van der Waals surface area (Å²) in [5.41, 5.74) is 0.308. The van der Waals surface area contributed by atoms with E-state index in [1.165, 1.54) is 37.9 Å². The lowest BCUT2D eigenvalue weighted by molar-refractivity contribution is -0.161. The van der Waals surface area contributed by atoms with E-state index in [1.807, 2.05) is 6.92 Å². The Morgan fingerprint density at radius 2 is 1.87 bits per heavy atom. The Morgan fingerprint density at radius 3 is 2.57 bits per heavy atom. The molecular weight excluding hydrogens is 416 g/mol. The summed E-state index contributed by atoms with van der Waals surface area (Å²) in [5, 5.41) is -0.0604. The first kappa shape index (κ1) is 22.6. The highest BCUT2D eigenvalue weighted by molar-refractivity contribution is 8.23. The lowest BCUT2D eigenvalue weighted by Gasteiger charge is -2.60. The second kappa shape index (κ2) is 8.38. The summed E-state index contributed by atoms with van der Waals surface area (Å²) in [7, 11) is 0. The number of hydrogen-bond acceptors (Lipinski definition) is 6. The van der Waals surface area contributed by atoms with Crippen molar-refractivity contribution in [1.82, 2.24) is 0 Å². The van der Waals surface area contributed by atoms with Crippen LogP contribution < -0.4 is 0 Å². The smallest absolute Gasteiger partial charge is 0.302 e. The lowest BCUT2D eigenvalue weighted by Crippen LogP contribution is -2.56.